The van der Waals surface area contributed by atoms with Crippen molar-refractivity contribution in [1.82, 2.24) is 0 Å². The van der Waals surface area contributed by atoms with Crippen molar-refractivity contribution in [3.63, 3.8) is 0 Å². The Labute approximate surface area is 168 Å². The summed E-state index contributed by atoms with van der Waals surface area (Å²) in [6, 6.07) is 19.1. The molecule has 0 aromatic heterocycles. The van der Waals surface area contributed by atoms with Gasteiger partial charge in [0, 0.05) is 6.42 Å². The van der Waals surface area contributed by atoms with Gasteiger partial charge in [0.1, 0.15) is 25.7 Å². The van der Waals surface area contributed by atoms with E-state index in [0.29, 0.717) is 19.2 Å². The van der Waals surface area contributed by atoms with Gasteiger partial charge in [0.05, 0.1) is 6.04 Å². The molecule has 0 radical (unpaired) electrons. The highest BCUT2D eigenvalue weighted by atomic mass is 16.6. The molecule has 5 nitrogen and oxygen atoms in total. The molecule has 28 heavy (non-hydrogen) atoms. The third kappa shape index (κ3) is 6.23. The van der Waals surface area contributed by atoms with Gasteiger partial charge in [0.2, 0.25) is 0 Å². The summed E-state index contributed by atoms with van der Waals surface area (Å²) in [4.78, 5) is 0. The SMILES string of the molecule is C[C@H]([NH2+]C[C@H](O)C[NH2+][C@@H](C)CCc1ccccc1)[C@@H]1COc2ccccc2O1. The van der Waals surface area contributed by atoms with E-state index in [1.807, 2.05) is 24.3 Å². The van der Waals surface area contributed by atoms with Gasteiger partial charge < -0.3 is 25.2 Å². The zero-order valence-electron chi connectivity index (χ0n) is 17.0. The first-order valence-corrected chi connectivity index (χ1v) is 10.4. The van der Waals surface area contributed by atoms with Crippen LogP contribution in [0.4, 0.5) is 0 Å². The van der Waals surface area contributed by atoms with Crippen molar-refractivity contribution >= 4 is 0 Å². The van der Waals surface area contributed by atoms with Crippen molar-refractivity contribution in [2.24, 2.45) is 0 Å². The second-order valence-corrected chi connectivity index (χ2v) is 7.87. The van der Waals surface area contributed by atoms with Gasteiger partial charge in [-0.1, -0.05) is 42.5 Å². The lowest BCUT2D eigenvalue weighted by molar-refractivity contribution is -0.722. The molecule has 0 saturated heterocycles. The molecular formula is C23H34N2O3+2. The Kier molecular flexibility index (Phi) is 7.71. The van der Waals surface area contributed by atoms with Gasteiger partial charge in [-0.2, -0.15) is 0 Å². The second kappa shape index (κ2) is 10.5. The number of ether oxygens (including phenoxy) is 2. The Morgan fingerprint density at radius 2 is 1.64 bits per heavy atom. The topological polar surface area (TPSA) is 71.9 Å². The number of fused-ring (bicyclic) bond motifs is 1. The standard InChI is InChI=1S/C23H32N2O3/c1-17(12-13-19-8-4-3-5-9-19)24-14-20(26)15-25-18(2)23-16-27-21-10-6-7-11-22(21)28-23/h3-11,17-18,20,23-26H,12-16H2,1-2H3/p+2/t17-,18-,20+,23-/m0/s1. The van der Waals surface area contributed by atoms with E-state index in [2.05, 4.69) is 54.8 Å². The minimum absolute atomic E-state index is 0.00382. The lowest BCUT2D eigenvalue weighted by Gasteiger charge is -2.29. The van der Waals surface area contributed by atoms with Crippen LogP contribution in [0.3, 0.4) is 0 Å². The first kappa shape index (κ1) is 20.6. The summed E-state index contributed by atoms with van der Waals surface area (Å²) < 4.78 is 11.8. The molecule has 1 heterocycles. The molecule has 5 N–H and O–H groups in total. The molecule has 0 fully saturated rings. The highest BCUT2D eigenvalue weighted by Gasteiger charge is 2.28. The van der Waals surface area contributed by atoms with E-state index in [9.17, 15) is 5.11 Å². The van der Waals surface area contributed by atoms with Crippen molar-refractivity contribution in [3.8, 4) is 11.5 Å². The highest BCUT2D eigenvalue weighted by Crippen LogP contribution is 2.31. The number of aliphatic hydroxyl groups excluding tert-OH is 1. The number of quaternary nitrogens is 2. The fourth-order valence-corrected chi connectivity index (χ4v) is 3.46. The molecule has 0 unspecified atom stereocenters. The van der Waals surface area contributed by atoms with Crippen LogP contribution in [0.5, 0.6) is 11.5 Å². The molecule has 1 aliphatic heterocycles. The molecule has 0 bridgehead atoms. The average Bonchev–Trinajstić information content (AvgIpc) is 2.75. The first-order chi connectivity index (χ1) is 13.6. The van der Waals surface area contributed by atoms with Gasteiger partial charge in [-0.25, -0.2) is 0 Å². The molecule has 0 aliphatic carbocycles. The number of para-hydroxylation sites is 2. The van der Waals surface area contributed by atoms with Crippen molar-refractivity contribution in [1.29, 1.82) is 0 Å². The second-order valence-electron chi connectivity index (χ2n) is 7.87. The van der Waals surface area contributed by atoms with Gasteiger partial charge in [0.15, 0.2) is 23.7 Å². The number of hydrogen-bond acceptors (Lipinski definition) is 3. The third-order valence-corrected chi connectivity index (χ3v) is 5.44. The van der Waals surface area contributed by atoms with Gasteiger partial charge in [-0.15, -0.1) is 0 Å². The minimum atomic E-state index is -0.335. The van der Waals surface area contributed by atoms with Gasteiger partial charge in [-0.05, 0) is 38.0 Å². The summed E-state index contributed by atoms with van der Waals surface area (Å²) in [5.74, 6) is 1.62. The smallest absolute Gasteiger partial charge is 0.184 e. The molecule has 1 aliphatic rings. The Hall–Kier alpha value is -2.08. The number of aryl methyl sites for hydroxylation is 1. The van der Waals surface area contributed by atoms with Gasteiger partial charge in [0.25, 0.3) is 0 Å². The van der Waals surface area contributed by atoms with E-state index in [0.717, 1.165) is 30.9 Å². The van der Waals surface area contributed by atoms with Crippen molar-refractivity contribution in [2.75, 3.05) is 19.7 Å². The predicted molar refractivity (Wildman–Crippen MR) is 110 cm³/mol. The molecule has 0 amide bonds. The van der Waals surface area contributed by atoms with E-state index in [1.54, 1.807) is 0 Å². The van der Waals surface area contributed by atoms with Crippen LogP contribution in [-0.2, 0) is 6.42 Å². The number of hydrogen-bond donors (Lipinski definition) is 3. The monoisotopic (exact) mass is 386 g/mol. The maximum Gasteiger partial charge on any atom is 0.184 e. The zero-order chi connectivity index (χ0) is 19.8. The van der Waals surface area contributed by atoms with E-state index in [-0.39, 0.29) is 18.2 Å². The van der Waals surface area contributed by atoms with Crippen molar-refractivity contribution < 1.29 is 25.2 Å². The number of benzene rings is 2. The molecule has 4 atom stereocenters. The van der Waals surface area contributed by atoms with Crippen LogP contribution in [0.25, 0.3) is 0 Å². The summed E-state index contributed by atoms with van der Waals surface area (Å²) in [5, 5.41) is 14.8. The average molecular weight is 387 g/mol. The third-order valence-electron chi connectivity index (χ3n) is 5.44. The van der Waals surface area contributed by atoms with E-state index in [1.165, 1.54) is 5.56 Å². The summed E-state index contributed by atoms with van der Waals surface area (Å²) in [6.45, 7) is 6.30. The summed E-state index contributed by atoms with van der Waals surface area (Å²) in [6.07, 6.45) is 1.86. The van der Waals surface area contributed by atoms with Crippen LogP contribution in [0.15, 0.2) is 54.6 Å². The van der Waals surface area contributed by atoms with E-state index in [4.69, 9.17) is 9.47 Å². The van der Waals surface area contributed by atoms with Crippen LogP contribution in [0, 0.1) is 0 Å². The quantitative estimate of drug-likeness (QED) is 0.564. The Bertz CT molecular complexity index is 710. The lowest BCUT2D eigenvalue weighted by Crippen LogP contribution is -2.97. The number of nitrogens with two attached hydrogens (primary N) is 2. The van der Waals surface area contributed by atoms with Gasteiger partial charge in [-0.3, -0.25) is 0 Å². The summed E-state index contributed by atoms with van der Waals surface area (Å²) in [5.41, 5.74) is 1.38. The molecule has 2 aromatic rings. The van der Waals surface area contributed by atoms with Crippen LogP contribution >= 0.6 is 0 Å². The summed E-state index contributed by atoms with van der Waals surface area (Å²) in [7, 11) is 0. The number of aliphatic hydroxyl groups is 1. The maximum absolute atomic E-state index is 10.4. The zero-order valence-corrected chi connectivity index (χ0v) is 17.0. The van der Waals surface area contributed by atoms with Crippen LogP contribution in [-0.4, -0.2) is 49.1 Å². The first-order valence-electron chi connectivity index (χ1n) is 10.4. The lowest BCUT2D eigenvalue weighted by atomic mass is 10.1. The van der Waals surface area contributed by atoms with Crippen molar-refractivity contribution in [2.45, 2.75) is 51.0 Å². The highest BCUT2D eigenvalue weighted by molar-refractivity contribution is 5.40. The molecule has 3 rings (SSSR count). The minimum Gasteiger partial charge on any atom is -0.486 e. The molecular weight excluding hydrogens is 352 g/mol. The van der Waals surface area contributed by atoms with Crippen LogP contribution in [0.2, 0.25) is 0 Å². The molecule has 5 heteroatoms. The molecule has 0 spiro atoms. The Morgan fingerprint density at radius 3 is 2.43 bits per heavy atom. The predicted octanol–water partition coefficient (Wildman–Crippen LogP) is 0.724. The van der Waals surface area contributed by atoms with Gasteiger partial charge >= 0.3 is 0 Å². The molecule has 0 saturated carbocycles. The van der Waals surface area contributed by atoms with Crippen molar-refractivity contribution in [3.05, 3.63) is 60.2 Å². The fourth-order valence-electron chi connectivity index (χ4n) is 3.46. The Morgan fingerprint density at radius 1 is 0.964 bits per heavy atom. The molecule has 2 aromatic carbocycles. The molecule has 152 valence electrons. The van der Waals surface area contributed by atoms with Crippen LogP contribution < -0.4 is 20.1 Å². The number of rotatable bonds is 10. The maximum atomic E-state index is 10.4. The van der Waals surface area contributed by atoms with E-state index < -0.39 is 0 Å². The van der Waals surface area contributed by atoms with Crippen LogP contribution in [0.1, 0.15) is 25.8 Å². The normalized spacial score (nSPS) is 19.0. The van der Waals surface area contributed by atoms with E-state index >= 15 is 0 Å². The Balaban J connectivity index is 1.32. The largest absolute Gasteiger partial charge is 0.486 e. The fraction of sp³-hybridized carbons (Fsp3) is 0.478. The summed E-state index contributed by atoms with van der Waals surface area (Å²) >= 11 is 0.